The minimum atomic E-state index is -4.54. The van der Waals surface area contributed by atoms with Crippen LogP contribution in [0, 0.1) is 11.3 Å². The summed E-state index contributed by atoms with van der Waals surface area (Å²) in [5.74, 6) is 0.0215. The molecule has 220 valence electrons. The second kappa shape index (κ2) is 11.3. The average molecular weight is 580 g/mol. The van der Waals surface area contributed by atoms with E-state index in [4.69, 9.17) is 4.74 Å². The average Bonchev–Trinajstić information content (AvgIpc) is 3.64. The Bertz CT molecular complexity index is 1580. The third-order valence-corrected chi connectivity index (χ3v) is 8.28. The van der Waals surface area contributed by atoms with Gasteiger partial charge in [0.1, 0.15) is 29.3 Å². The lowest BCUT2D eigenvalue weighted by atomic mass is 9.82. The number of aromatic amines is 1. The number of pyridine rings is 1. The van der Waals surface area contributed by atoms with E-state index in [1.54, 1.807) is 12.3 Å². The molecule has 6 rings (SSSR count). The smallest absolute Gasteiger partial charge is 0.433 e. The molecule has 5 heterocycles. The molecule has 4 aromatic rings. The lowest BCUT2D eigenvalue weighted by molar-refractivity contribution is -0.141. The molecule has 13 heteroatoms. The molecule has 0 spiro atoms. The number of hydrogen-bond donors (Lipinski definition) is 2. The van der Waals surface area contributed by atoms with Crippen molar-refractivity contribution < 1.29 is 17.9 Å². The van der Waals surface area contributed by atoms with Crippen molar-refractivity contribution in [3.8, 4) is 23.2 Å². The molecule has 0 atom stereocenters. The fraction of sp³-hybridized carbons (Fsp3) is 0.483. The quantitative estimate of drug-likeness (QED) is 0.294. The number of fused-ring (bicyclic) bond motifs is 1. The first-order valence-corrected chi connectivity index (χ1v) is 14.2. The van der Waals surface area contributed by atoms with Gasteiger partial charge in [-0.15, -0.1) is 0 Å². The van der Waals surface area contributed by atoms with Crippen molar-refractivity contribution in [2.24, 2.45) is 0 Å². The first-order valence-electron chi connectivity index (χ1n) is 14.2. The van der Waals surface area contributed by atoms with E-state index < -0.39 is 17.4 Å². The van der Waals surface area contributed by atoms with Gasteiger partial charge in [-0.1, -0.05) is 6.92 Å². The number of H-pyrrole nitrogens is 1. The van der Waals surface area contributed by atoms with Crippen LogP contribution in [0.2, 0.25) is 0 Å². The summed E-state index contributed by atoms with van der Waals surface area (Å²) in [5.41, 5.74) is 1.55. The number of nitriles is 1. The van der Waals surface area contributed by atoms with Gasteiger partial charge < -0.3 is 15.0 Å². The van der Waals surface area contributed by atoms with Crippen LogP contribution in [0.25, 0.3) is 22.3 Å². The Morgan fingerprint density at radius 3 is 2.74 bits per heavy atom. The Hall–Kier alpha value is -4.02. The molecule has 1 saturated carbocycles. The summed E-state index contributed by atoms with van der Waals surface area (Å²) < 4.78 is 48.2. The fourth-order valence-corrected chi connectivity index (χ4v) is 6.09. The highest BCUT2D eigenvalue weighted by Gasteiger charge is 2.48. The molecule has 0 radical (unpaired) electrons. The van der Waals surface area contributed by atoms with Gasteiger partial charge in [0, 0.05) is 55.1 Å². The largest absolute Gasteiger partial charge is 0.474 e. The van der Waals surface area contributed by atoms with Crippen molar-refractivity contribution in [2.75, 3.05) is 19.6 Å². The number of aromatic nitrogens is 6. The minimum absolute atomic E-state index is 0.0215. The van der Waals surface area contributed by atoms with Crippen LogP contribution in [0.3, 0.4) is 0 Å². The maximum atomic E-state index is 13.4. The summed E-state index contributed by atoms with van der Waals surface area (Å²) in [4.78, 5) is 18.0. The van der Waals surface area contributed by atoms with E-state index in [0.29, 0.717) is 44.2 Å². The van der Waals surface area contributed by atoms with Crippen LogP contribution in [0.5, 0.6) is 5.88 Å². The fourth-order valence-electron chi connectivity index (χ4n) is 6.09. The Kier molecular flexibility index (Phi) is 7.59. The number of nitrogens with one attached hydrogen (secondary N) is 2. The number of ether oxygens (including phenoxy) is 1. The molecule has 2 fully saturated rings. The van der Waals surface area contributed by atoms with Gasteiger partial charge in [0.2, 0.25) is 5.88 Å². The van der Waals surface area contributed by atoms with Gasteiger partial charge in [-0.05, 0) is 49.9 Å². The number of nitrogens with zero attached hydrogens (tertiary/aromatic N) is 7. The summed E-state index contributed by atoms with van der Waals surface area (Å²) >= 11 is 0. The second-order valence-corrected chi connectivity index (χ2v) is 11.1. The van der Waals surface area contributed by atoms with Crippen molar-refractivity contribution in [2.45, 2.75) is 69.4 Å². The van der Waals surface area contributed by atoms with E-state index in [2.05, 4.69) is 41.3 Å². The maximum absolute atomic E-state index is 13.4. The van der Waals surface area contributed by atoms with Crippen molar-refractivity contribution >= 4 is 11.0 Å². The molecule has 0 amide bonds. The normalized spacial score (nSPS) is 20.7. The van der Waals surface area contributed by atoms with Gasteiger partial charge in [-0.3, -0.25) is 9.58 Å². The van der Waals surface area contributed by atoms with Gasteiger partial charge in [-0.25, -0.2) is 15.0 Å². The zero-order valence-corrected chi connectivity index (χ0v) is 23.2. The molecule has 2 N–H and O–H groups in total. The maximum Gasteiger partial charge on any atom is 0.433 e. The minimum Gasteiger partial charge on any atom is -0.474 e. The van der Waals surface area contributed by atoms with Crippen molar-refractivity contribution in [3.63, 3.8) is 0 Å². The molecule has 4 aromatic heterocycles. The first kappa shape index (κ1) is 28.1. The van der Waals surface area contributed by atoms with Gasteiger partial charge in [0.05, 0.1) is 24.4 Å². The summed E-state index contributed by atoms with van der Waals surface area (Å²) in [7, 11) is 0. The lowest BCUT2D eigenvalue weighted by Gasteiger charge is -2.53. The van der Waals surface area contributed by atoms with E-state index in [0.717, 1.165) is 54.0 Å². The number of hydrogen-bond acceptors (Lipinski definition) is 8. The van der Waals surface area contributed by atoms with E-state index in [1.165, 1.54) is 6.33 Å². The molecular formula is C29H32F3N9O. The van der Waals surface area contributed by atoms with Crippen LogP contribution in [0.15, 0.2) is 43.1 Å². The molecule has 0 unspecified atom stereocenters. The van der Waals surface area contributed by atoms with E-state index >= 15 is 0 Å². The van der Waals surface area contributed by atoms with Crippen molar-refractivity contribution in [3.05, 3.63) is 54.4 Å². The highest BCUT2D eigenvalue weighted by atomic mass is 19.4. The van der Waals surface area contributed by atoms with Crippen LogP contribution in [0.1, 0.15) is 50.3 Å². The Labute approximate surface area is 240 Å². The van der Waals surface area contributed by atoms with E-state index in [1.807, 2.05) is 30.1 Å². The molecule has 0 bridgehead atoms. The van der Waals surface area contributed by atoms with Crippen LogP contribution in [0.4, 0.5) is 13.2 Å². The topological polar surface area (TPSA) is 121 Å². The zero-order chi connectivity index (χ0) is 29.3. The summed E-state index contributed by atoms with van der Waals surface area (Å²) in [6.07, 6.45) is 5.84. The third kappa shape index (κ3) is 5.56. The first-order chi connectivity index (χ1) is 20.3. The molecule has 1 saturated heterocycles. The summed E-state index contributed by atoms with van der Waals surface area (Å²) in [6.45, 7) is 4.26. The highest BCUT2D eigenvalue weighted by molar-refractivity contribution is 5.90. The Balaban J connectivity index is 1.09. The number of alkyl halides is 3. The molecular weight excluding hydrogens is 547 g/mol. The van der Waals surface area contributed by atoms with Crippen LogP contribution < -0.4 is 10.1 Å². The molecule has 2 aliphatic rings. The predicted molar refractivity (Wildman–Crippen MR) is 148 cm³/mol. The number of halogens is 3. The monoisotopic (exact) mass is 579 g/mol. The highest BCUT2D eigenvalue weighted by Crippen LogP contribution is 2.39. The van der Waals surface area contributed by atoms with Gasteiger partial charge in [0.25, 0.3) is 0 Å². The second-order valence-electron chi connectivity index (χ2n) is 11.1. The van der Waals surface area contributed by atoms with Gasteiger partial charge in [0.15, 0.2) is 0 Å². The number of likely N-dealkylation sites (tertiary alicyclic amines) is 1. The lowest BCUT2D eigenvalue weighted by Crippen LogP contribution is -2.65. The summed E-state index contributed by atoms with van der Waals surface area (Å²) in [5, 5.41) is 18.3. The summed E-state index contributed by atoms with van der Waals surface area (Å²) in [6, 6.07) is 7.25. The van der Waals surface area contributed by atoms with Crippen molar-refractivity contribution in [1.29, 1.82) is 5.26 Å². The van der Waals surface area contributed by atoms with E-state index in [-0.39, 0.29) is 12.0 Å². The van der Waals surface area contributed by atoms with Crippen LogP contribution in [-0.2, 0) is 18.3 Å². The van der Waals surface area contributed by atoms with Crippen LogP contribution >= 0.6 is 0 Å². The molecule has 10 nitrogen and oxygen atoms in total. The Morgan fingerprint density at radius 2 is 2.00 bits per heavy atom. The van der Waals surface area contributed by atoms with E-state index in [9.17, 15) is 18.4 Å². The molecule has 0 aromatic carbocycles. The zero-order valence-electron chi connectivity index (χ0n) is 23.2. The number of rotatable bonds is 9. The Morgan fingerprint density at radius 1 is 1.19 bits per heavy atom. The van der Waals surface area contributed by atoms with Gasteiger partial charge in [-0.2, -0.15) is 23.5 Å². The molecule has 1 aliphatic heterocycles. The standard InChI is InChI=1S/C29H32F3N9O/c1-2-34-13-19-11-24(29(30,31)32)39-25(12-19)42-22-5-3-21(4-6-22)40-16-28(17-40,8-9-33)41-15-20(14-38-41)26-23-7-10-35-27(23)37-18-36-26/h7,10-12,14-15,18,21-22,34H,2-6,8,13,16-17H2,1H3,(H,35,36,37). The molecule has 42 heavy (non-hydrogen) atoms. The van der Waals surface area contributed by atoms with Crippen LogP contribution in [-0.4, -0.2) is 66.4 Å². The molecule has 1 aliphatic carbocycles. The SMILES string of the molecule is CCNCc1cc(OC2CCC(N3CC(CC#N)(n4cc(-c5ncnc6[nH]ccc56)cn4)C3)CC2)nc(C(F)(F)F)c1. The predicted octanol–water partition coefficient (Wildman–Crippen LogP) is 4.66. The van der Waals surface area contributed by atoms with Crippen molar-refractivity contribution in [1.82, 2.24) is 39.9 Å². The van der Waals surface area contributed by atoms with Gasteiger partial charge >= 0.3 is 6.18 Å². The third-order valence-electron chi connectivity index (χ3n) is 8.28.